The first-order valence-electron chi connectivity index (χ1n) is 5.08. The van der Waals surface area contributed by atoms with Crippen molar-refractivity contribution in [3.05, 3.63) is 29.3 Å². The van der Waals surface area contributed by atoms with Crippen molar-refractivity contribution in [3.63, 3.8) is 0 Å². The lowest BCUT2D eigenvalue weighted by molar-refractivity contribution is 0.0505. The van der Waals surface area contributed by atoms with Gasteiger partial charge in [-0.2, -0.15) is 0 Å². The van der Waals surface area contributed by atoms with Gasteiger partial charge in [-0.25, -0.2) is 13.2 Å². The van der Waals surface area contributed by atoms with Gasteiger partial charge in [0.1, 0.15) is 0 Å². The van der Waals surface area contributed by atoms with Crippen molar-refractivity contribution in [2.24, 2.45) is 0 Å². The summed E-state index contributed by atoms with van der Waals surface area (Å²) in [5.74, 6) is -0.548. The number of aryl methyl sites for hydroxylation is 1. The summed E-state index contributed by atoms with van der Waals surface area (Å²) in [6, 6.07) is 4.27. The topological polar surface area (TPSA) is 60.4 Å². The van der Waals surface area contributed by atoms with Gasteiger partial charge < -0.3 is 4.74 Å². The van der Waals surface area contributed by atoms with E-state index in [2.05, 4.69) is 0 Å². The van der Waals surface area contributed by atoms with Gasteiger partial charge in [0.2, 0.25) is 0 Å². The standard InChI is InChI=1S/C11H13ClO4S/c1-3-6-16-11(13)9-5-4-8(2)10(7-9)17(12,14)15/h4-5,7H,3,6H2,1-2H3. The minimum absolute atomic E-state index is 0.0647. The van der Waals surface area contributed by atoms with Crippen molar-refractivity contribution in [1.29, 1.82) is 0 Å². The smallest absolute Gasteiger partial charge is 0.338 e. The van der Waals surface area contributed by atoms with Crippen LogP contribution < -0.4 is 0 Å². The number of ether oxygens (including phenoxy) is 1. The highest BCUT2D eigenvalue weighted by Crippen LogP contribution is 2.21. The van der Waals surface area contributed by atoms with Gasteiger partial charge in [0.25, 0.3) is 9.05 Å². The van der Waals surface area contributed by atoms with E-state index < -0.39 is 15.0 Å². The third-order valence-corrected chi connectivity index (χ3v) is 3.59. The summed E-state index contributed by atoms with van der Waals surface area (Å²) < 4.78 is 27.4. The normalized spacial score (nSPS) is 11.2. The molecule has 1 rings (SSSR count). The number of hydrogen-bond donors (Lipinski definition) is 0. The van der Waals surface area contributed by atoms with Gasteiger partial charge in [0.05, 0.1) is 17.1 Å². The third kappa shape index (κ3) is 3.71. The van der Waals surface area contributed by atoms with Gasteiger partial charge in [-0.05, 0) is 31.0 Å². The van der Waals surface area contributed by atoms with Crippen LogP contribution in [0, 0.1) is 6.92 Å². The molecule has 0 aliphatic carbocycles. The first-order chi connectivity index (χ1) is 7.86. The van der Waals surface area contributed by atoms with Crippen molar-refractivity contribution in [2.45, 2.75) is 25.2 Å². The summed E-state index contributed by atoms with van der Waals surface area (Å²) >= 11 is 0. The zero-order chi connectivity index (χ0) is 13.1. The molecule has 0 fully saturated rings. The molecule has 0 unspecified atom stereocenters. The van der Waals surface area contributed by atoms with Crippen molar-refractivity contribution < 1.29 is 17.9 Å². The number of rotatable bonds is 4. The van der Waals surface area contributed by atoms with Gasteiger partial charge in [-0.1, -0.05) is 13.0 Å². The molecule has 94 valence electrons. The van der Waals surface area contributed by atoms with E-state index in [0.717, 1.165) is 0 Å². The molecule has 0 N–H and O–H groups in total. The van der Waals surface area contributed by atoms with Crippen LogP contribution in [0.25, 0.3) is 0 Å². The highest BCUT2D eigenvalue weighted by atomic mass is 35.7. The van der Waals surface area contributed by atoms with Crippen LogP contribution in [0.2, 0.25) is 0 Å². The molecular weight excluding hydrogens is 264 g/mol. The second kappa shape index (κ2) is 5.51. The van der Waals surface area contributed by atoms with Crippen molar-refractivity contribution in [1.82, 2.24) is 0 Å². The predicted molar refractivity (Wildman–Crippen MR) is 64.8 cm³/mol. The Hall–Kier alpha value is -1.07. The van der Waals surface area contributed by atoms with Crippen LogP contribution in [0.4, 0.5) is 0 Å². The van der Waals surface area contributed by atoms with Crippen LogP contribution in [0.15, 0.2) is 23.1 Å². The van der Waals surface area contributed by atoms with E-state index in [0.29, 0.717) is 18.6 Å². The van der Waals surface area contributed by atoms with Crippen LogP contribution in [-0.2, 0) is 13.8 Å². The Bertz CT molecular complexity index is 522. The van der Waals surface area contributed by atoms with E-state index in [-0.39, 0.29) is 10.5 Å². The molecule has 0 aliphatic heterocycles. The molecule has 1 aromatic rings. The number of hydrogen-bond acceptors (Lipinski definition) is 4. The largest absolute Gasteiger partial charge is 0.462 e. The molecule has 0 atom stereocenters. The number of halogens is 1. The van der Waals surface area contributed by atoms with Gasteiger partial charge in [0.15, 0.2) is 0 Å². The van der Waals surface area contributed by atoms with Crippen LogP contribution in [-0.4, -0.2) is 21.0 Å². The lowest BCUT2D eigenvalue weighted by atomic mass is 10.1. The Morgan fingerprint density at radius 1 is 1.41 bits per heavy atom. The zero-order valence-electron chi connectivity index (χ0n) is 9.57. The first-order valence-corrected chi connectivity index (χ1v) is 7.39. The molecule has 0 spiro atoms. The maximum Gasteiger partial charge on any atom is 0.338 e. The minimum atomic E-state index is -3.85. The quantitative estimate of drug-likeness (QED) is 0.626. The highest BCUT2D eigenvalue weighted by molar-refractivity contribution is 8.13. The molecule has 0 aromatic heterocycles. The summed E-state index contributed by atoms with van der Waals surface area (Å²) in [7, 11) is 1.42. The molecule has 0 amide bonds. The first kappa shape index (κ1) is 14.0. The van der Waals surface area contributed by atoms with Crippen LogP contribution in [0.1, 0.15) is 29.3 Å². The Morgan fingerprint density at radius 3 is 2.59 bits per heavy atom. The monoisotopic (exact) mass is 276 g/mol. The predicted octanol–water partition coefficient (Wildman–Crippen LogP) is 2.49. The molecule has 0 heterocycles. The Balaban J connectivity index is 3.09. The molecule has 0 bridgehead atoms. The molecule has 0 radical (unpaired) electrons. The summed E-state index contributed by atoms with van der Waals surface area (Å²) in [4.78, 5) is 11.5. The average molecular weight is 277 g/mol. The number of benzene rings is 1. The van der Waals surface area contributed by atoms with Crippen LogP contribution in [0.3, 0.4) is 0 Å². The number of carbonyl (C=O) groups is 1. The van der Waals surface area contributed by atoms with Gasteiger partial charge >= 0.3 is 5.97 Å². The van der Waals surface area contributed by atoms with Crippen molar-refractivity contribution >= 4 is 25.7 Å². The summed E-state index contributed by atoms with van der Waals surface area (Å²) in [6.07, 6.45) is 0.707. The van der Waals surface area contributed by atoms with Gasteiger partial charge in [0, 0.05) is 10.7 Å². The maximum absolute atomic E-state index is 11.5. The molecular formula is C11H13ClO4S. The molecule has 17 heavy (non-hydrogen) atoms. The van der Waals surface area contributed by atoms with E-state index in [1.807, 2.05) is 6.92 Å². The van der Waals surface area contributed by atoms with E-state index in [1.165, 1.54) is 18.2 Å². The van der Waals surface area contributed by atoms with Gasteiger partial charge in [-0.15, -0.1) is 0 Å². The second-order valence-corrected chi connectivity index (χ2v) is 6.09. The fraction of sp³-hybridized carbons (Fsp3) is 0.364. The Labute approximate surface area is 105 Å². The fourth-order valence-electron chi connectivity index (χ4n) is 1.27. The lowest BCUT2D eigenvalue weighted by Gasteiger charge is -2.06. The average Bonchev–Trinajstić information content (AvgIpc) is 2.25. The number of carbonyl (C=O) groups excluding carboxylic acids is 1. The van der Waals surface area contributed by atoms with E-state index in [1.54, 1.807) is 6.92 Å². The molecule has 1 aromatic carbocycles. The number of esters is 1. The maximum atomic E-state index is 11.5. The van der Waals surface area contributed by atoms with Crippen molar-refractivity contribution in [2.75, 3.05) is 6.61 Å². The summed E-state index contributed by atoms with van der Waals surface area (Å²) in [6.45, 7) is 3.78. The Kier molecular flexibility index (Phi) is 4.54. The SMILES string of the molecule is CCCOC(=O)c1ccc(C)c(S(=O)(=O)Cl)c1. The summed E-state index contributed by atoms with van der Waals surface area (Å²) in [5.41, 5.74) is 0.676. The minimum Gasteiger partial charge on any atom is -0.462 e. The lowest BCUT2D eigenvalue weighted by Crippen LogP contribution is -2.07. The molecule has 0 saturated heterocycles. The Morgan fingerprint density at radius 2 is 2.06 bits per heavy atom. The fourth-order valence-corrected chi connectivity index (χ4v) is 2.49. The molecule has 6 heteroatoms. The van der Waals surface area contributed by atoms with E-state index >= 15 is 0 Å². The molecule has 4 nitrogen and oxygen atoms in total. The highest BCUT2D eigenvalue weighted by Gasteiger charge is 2.17. The van der Waals surface area contributed by atoms with Crippen LogP contribution >= 0.6 is 10.7 Å². The third-order valence-electron chi connectivity index (χ3n) is 2.12. The zero-order valence-corrected chi connectivity index (χ0v) is 11.1. The second-order valence-electron chi connectivity index (χ2n) is 3.55. The molecule has 0 saturated carbocycles. The van der Waals surface area contributed by atoms with Crippen LogP contribution in [0.5, 0.6) is 0 Å². The van der Waals surface area contributed by atoms with E-state index in [9.17, 15) is 13.2 Å². The van der Waals surface area contributed by atoms with Crippen molar-refractivity contribution in [3.8, 4) is 0 Å². The van der Waals surface area contributed by atoms with Gasteiger partial charge in [-0.3, -0.25) is 0 Å². The molecule has 0 aliphatic rings. The van der Waals surface area contributed by atoms with E-state index in [4.69, 9.17) is 15.4 Å². The summed E-state index contributed by atoms with van der Waals surface area (Å²) in [5, 5.41) is 0.